The van der Waals surface area contributed by atoms with E-state index in [-0.39, 0.29) is 22.2 Å². The van der Waals surface area contributed by atoms with Gasteiger partial charge in [0.1, 0.15) is 30.5 Å². The number of hydrogen-bond donors (Lipinski definition) is 3. The molecule has 1 aliphatic carbocycles. The summed E-state index contributed by atoms with van der Waals surface area (Å²) in [5.41, 5.74) is 0.239. The van der Waals surface area contributed by atoms with Gasteiger partial charge in [-0.1, -0.05) is 85.7 Å². The van der Waals surface area contributed by atoms with Gasteiger partial charge in [-0.3, -0.25) is 4.79 Å². The third-order valence-corrected chi connectivity index (χ3v) is 18.3. The van der Waals surface area contributed by atoms with Crippen molar-refractivity contribution in [2.75, 3.05) is 0 Å². The molecule has 2 fully saturated rings. The molecule has 3 N–H and O–H groups in total. The van der Waals surface area contributed by atoms with Crippen molar-refractivity contribution in [3.05, 3.63) is 35.9 Å². The Morgan fingerprint density at radius 2 is 1.20 bits per heavy atom. The first-order chi connectivity index (χ1) is 18.6. The molecule has 0 radical (unpaired) electrons. The standard InChI is InChI=1S/C28H46O10Si2/c1-15(2)39(16(3)4)36-26-22(31)21(30)25(23(32)27(26)37-40(38-39,17(5)6)18(7)8)35-28(33)24(34-19(9)29)20-13-11-10-12-14-20/h10-18,21-27,30-32H,1-9H3/t21-,22+,23-,24+,25+,26+,27+/m1/s1. The maximum atomic E-state index is 13.3. The van der Waals surface area contributed by atoms with Crippen molar-refractivity contribution >= 4 is 29.1 Å². The Morgan fingerprint density at radius 1 is 0.750 bits per heavy atom. The van der Waals surface area contributed by atoms with Gasteiger partial charge in [-0.25, -0.2) is 4.79 Å². The van der Waals surface area contributed by atoms with Crippen LogP contribution in [-0.4, -0.2) is 81.0 Å². The van der Waals surface area contributed by atoms with Crippen molar-refractivity contribution < 1.29 is 47.3 Å². The fraction of sp³-hybridized carbons (Fsp3) is 0.714. The van der Waals surface area contributed by atoms with Crippen molar-refractivity contribution in [2.45, 2.75) is 127 Å². The minimum atomic E-state index is -3.14. The molecular weight excluding hydrogens is 552 g/mol. The van der Waals surface area contributed by atoms with E-state index in [1.54, 1.807) is 30.3 Å². The molecule has 0 aromatic heterocycles. The number of aliphatic hydroxyl groups excluding tert-OH is 3. The minimum Gasteiger partial charge on any atom is -0.454 e. The first-order valence-corrected chi connectivity index (χ1v) is 18.1. The van der Waals surface area contributed by atoms with Gasteiger partial charge in [-0.15, -0.1) is 0 Å². The van der Waals surface area contributed by atoms with E-state index in [4.69, 9.17) is 22.4 Å². The second kappa shape index (κ2) is 12.7. The maximum absolute atomic E-state index is 13.3. The van der Waals surface area contributed by atoms with Crippen LogP contribution in [0.25, 0.3) is 0 Å². The van der Waals surface area contributed by atoms with Gasteiger partial charge >= 0.3 is 29.1 Å². The monoisotopic (exact) mass is 598 g/mol. The lowest BCUT2D eigenvalue weighted by Crippen LogP contribution is -2.67. The highest BCUT2D eigenvalue weighted by molar-refractivity contribution is 6.84. The van der Waals surface area contributed by atoms with Crippen LogP contribution < -0.4 is 0 Å². The molecule has 1 saturated heterocycles. The van der Waals surface area contributed by atoms with E-state index >= 15 is 0 Å². The molecule has 12 heteroatoms. The number of carbonyl (C=O) groups excluding carboxylic acids is 2. The van der Waals surface area contributed by atoms with Crippen LogP contribution in [0.5, 0.6) is 0 Å². The average molecular weight is 599 g/mol. The second-order valence-electron chi connectivity index (χ2n) is 12.1. The highest BCUT2D eigenvalue weighted by Gasteiger charge is 2.65. The summed E-state index contributed by atoms with van der Waals surface area (Å²) in [5.74, 6) is -1.70. The fourth-order valence-corrected chi connectivity index (χ4v) is 17.2. The van der Waals surface area contributed by atoms with E-state index in [9.17, 15) is 24.9 Å². The molecule has 1 aromatic rings. The molecule has 7 atom stereocenters. The summed E-state index contributed by atoms with van der Waals surface area (Å²) in [7, 11) is -6.25. The molecule has 0 unspecified atom stereocenters. The van der Waals surface area contributed by atoms with Gasteiger partial charge in [0.15, 0.2) is 6.10 Å². The zero-order chi connectivity index (χ0) is 30.2. The fourth-order valence-electron chi connectivity index (χ4n) is 5.89. The largest absolute Gasteiger partial charge is 0.454 e. The third kappa shape index (κ3) is 6.09. The van der Waals surface area contributed by atoms with Crippen molar-refractivity contribution in [2.24, 2.45) is 0 Å². The molecule has 226 valence electrons. The number of benzene rings is 1. The van der Waals surface area contributed by atoms with Gasteiger partial charge in [-0.05, 0) is 22.2 Å². The van der Waals surface area contributed by atoms with E-state index in [1.807, 2.05) is 55.4 Å². The predicted octanol–water partition coefficient (Wildman–Crippen LogP) is 3.62. The Balaban J connectivity index is 2.04. The first kappa shape index (κ1) is 32.9. The Bertz CT molecular complexity index is 1000. The zero-order valence-corrected chi connectivity index (χ0v) is 26.9. The van der Waals surface area contributed by atoms with Crippen LogP contribution in [0, 0.1) is 0 Å². The highest BCUT2D eigenvalue weighted by atomic mass is 28.5. The summed E-state index contributed by atoms with van der Waals surface area (Å²) in [6, 6.07) is 8.29. The number of aliphatic hydroxyl groups is 3. The topological polar surface area (TPSA) is 141 Å². The van der Waals surface area contributed by atoms with Crippen molar-refractivity contribution in [1.82, 2.24) is 0 Å². The molecule has 1 saturated carbocycles. The normalized spacial score (nSPS) is 30.6. The molecule has 3 rings (SSSR count). The van der Waals surface area contributed by atoms with E-state index in [1.165, 1.54) is 6.92 Å². The summed E-state index contributed by atoms with van der Waals surface area (Å²) < 4.78 is 31.4. The van der Waals surface area contributed by atoms with Crippen LogP contribution in [0.3, 0.4) is 0 Å². The smallest absolute Gasteiger partial charge is 0.352 e. The SMILES string of the molecule is CC(=O)O[C@H](C(=O)O[C@H]1[C@H](O)[C@H](O)[C@@H]2O[Si](C(C)C)(C(C)C)O[Si](C(C)C)(C(C)C)O[C@H]2[C@@H]1O)c1ccccc1. The van der Waals surface area contributed by atoms with Gasteiger partial charge in [0.2, 0.25) is 6.10 Å². The summed E-state index contributed by atoms with van der Waals surface area (Å²) in [6.45, 7) is 17.4. The lowest BCUT2D eigenvalue weighted by atomic mass is 9.85. The van der Waals surface area contributed by atoms with Gasteiger partial charge in [0.25, 0.3) is 0 Å². The number of carbonyl (C=O) groups is 2. The predicted molar refractivity (Wildman–Crippen MR) is 152 cm³/mol. The summed E-state index contributed by atoms with van der Waals surface area (Å²) in [5, 5.41) is 34.2. The Morgan fingerprint density at radius 3 is 1.62 bits per heavy atom. The number of hydrogen-bond acceptors (Lipinski definition) is 10. The molecule has 0 bridgehead atoms. The average Bonchev–Trinajstić information content (AvgIpc) is 3.06. The molecule has 0 amide bonds. The number of esters is 2. The molecule has 0 spiro atoms. The summed E-state index contributed by atoms with van der Waals surface area (Å²) in [4.78, 5) is 25.1. The number of ether oxygens (including phenoxy) is 2. The molecule has 2 aliphatic rings. The van der Waals surface area contributed by atoms with Crippen molar-refractivity contribution in [3.63, 3.8) is 0 Å². The van der Waals surface area contributed by atoms with Gasteiger partial charge in [0, 0.05) is 12.5 Å². The van der Waals surface area contributed by atoms with E-state index in [0.29, 0.717) is 5.56 Å². The molecule has 40 heavy (non-hydrogen) atoms. The van der Waals surface area contributed by atoms with Gasteiger partial charge in [-0.2, -0.15) is 0 Å². The Kier molecular flexibility index (Phi) is 10.4. The lowest BCUT2D eigenvalue weighted by molar-refractivity contribution is -0.230. The third-order valence-electron chi connectivity index (χ3n) is 8.05. The molecule has 1 heterocycles. The number of fused-ring (bicyclic) bond motifs is 1. The van der Waals surface area contributed by atoms with Gasteiger partial charge in [0.05, 0.1) is 0 Å². The van der Waals surface area contributed by atoms with Crippen LogP contribution >= 0.6 is 0 Å². The lowest BCUT2D eigenvalue weighted by Gasteiger charge is -2.47. The number of rotatable bonds is 8. The molecular formula is C28H46O10Si2. The zero-order valence-electron chi connectivity index (χ0n) is 24.9. The maximum Gasteiger partial charge on any atom is 0.352 e. The second-order valence-corrected chi connectivity index (χ2v) is 20.9. The van der Waals surface area contributed by atoms with Crippen LogP contribution in [0.15, 0.2) is 30.3 Å². The Hall–Kier alpha value is -1.65. The van der Waals surface area contributed by atoms with Crippen LogP contribution in [0.1, 0.15) is 74.0 Å². The van der Waals surface area contributed by atoms with Crippen molar-refractivity contribution in [3.8, 4) is 0 Å². The Labute approximate surface area is 239 Å². The van der Waals surface area contributed by atoms with Crippen LogP contribution in [0.4, 0.5) is 0 Å². The van der Waals surface area contributed by atoms with Crippen molar-refractivity contribution in [1.29, 1.82) is 0 Å². The quantitative estimate of drug-likeness (QED) is 0.300. The molecule has 1 aliphatic heterocycles. The summed E-state index contributed by atoms with van der Waals surface area (Å²) >= 11 is 0. The van der Waals surface area contributed by atoms with Gasteiger partial charge < -0.3 is 37.8 Å². The van der Waals surface area contributed by atoms with E-state index in [2.05, 4.69) is 0 Å². The highest BCUT2D eigenvalue weighted by Crippen LogP contribution is 2.49. The van der Waals surface area contributed by atoms with Crippen LogP contribution in [0.2, 0.25) is 22.2 Å². The van der Waals surface area contributed by atoms with E-state index < -0.39 is 71.8 Å². The summed E-state index contributed by atoms with van der Waals surface area (Å²) in [6.07, 6.45) is -10.1. The minimum absolute atomic E-state index is 0.0216. The van der Waals surface area contributed by atoms with E-state index in [0.717, 1.165) is 0 Å². The first-order valence-electron chi connectivity index (χ1n) is 14.1. The van der Waals surface area contributed by atoms with Crippen LogP contribution in [-0.2, 0) is 32.0 Å². The molecule has 1 aromatic carbocycles. The molecule has 10 nitrogen and oxygen atoms in total.